The molecule has 0 fully saturated rings. The third-order valence-corrected chi connectivity index (χ3v) is 2.98. The van der Waals surface area contributed by atoms with Crippen LogP contribution in [-0.2, 0) is 6.42 Å². The minimum absolute atomic E-state index is 0.00527. The van der Waals surface area contributed by atoms with Gasteiger partial charge in [-0.25, -0.2) is 0 Å². The lowest BCUT2D eigenvalue weighted by Crippen LogP contribution is -2.05. The van der Waals surface area contributed by atoms with Crippen molar-refractivity contribution < 1.29 is 4.79 Å². The van der Waals surface area contributed by atoms with Crippen LogP contribution in [0.3, 0.4) is 0 Å². The van der Waals surface area contributed by atoms with Gasteiger partial charge in [-0.2, -0.15) is 0 Å². The highest BCUT2D eigenvalue weighted by Gasteiger charge is 2.11. The molecular formula is C17H19NO. The van der Waals surface area contributed by atoms with Crippen LogP contribution in [0.25, 0.3) is 0 Å². The van der Waals surface area contributed by atoms with Crippen LogP contribution >= 0.6 is 0 Å². The second kappa shape index (κ2) is 5.79. The lowest BCUT2D eigenvalue weighted by molar-refractivity contribution is 0.103. The fraction of sp³-hybridized carbons (Fsp3) is 0.294. The van der Waals surface area contributed by atoms with Gasteiger partial charge < -0.3 is 0 Å². The molecule has 0 bridgehead atoms. The Labute approximate surface area is 114 Å². The molecule has 1 aromatic heterocycles. The van der Waals surface area contributed by atoms with Crippen molar-refractivity contribution in [1.29, 1.82) is 0 Å². The smallest absolute Gasteiger partial charge is 0.211 e. The molecule has 0 atom stereocenters. The molecule has 0 spiro atoms. The Morgan fingerprint density at radius 2 is 2.00 bits per heavy atom. The highest BCUT2D eigenvalue weighted by atomic mass is 16.1. The van der Waals surface area contributed by atoms with E-state index in [1.165, 1.54) is 5.56 Å². The first kappa shape index (κ1) is 13.5. The summed E-state index contributed by atoms with van der Waals surface area (Å²) in [6.45, 7) is 6.32. The van der Waals surface area contributed by atoms with Gasteiger partial charge in [-0.05, 0) is 48.6 Å². The molecular weight excluding hydrogens is 234 g/mol. The van der Waals surface area contributed by atoms with Crippen LogP contribution in [0, 0.1) is 12.8 Å². The van der Waals surface area contributed by atoms with Crippen molar-refractivity contribution >= 4 is 5.78 Å². The van der Waals surface area contributed by atoms with Gasteiger partial charge in [0.05, 0.1) is 0 Å². The summed E-state index contributed by atoms with van der Waals surface area (Å²) >= 11 is 0. The van der Waals surface area contributed by atoms with E-state index in [1.54, 1.807) is 6.20 Å². The summed E-state index contributed by atoms with van der Waals surface area (Å²) in [6.07, 6.45) is 2.67. The summed E-state index contributed by atoms with van der Waals surface area (Å²) < 4.78 is 0. The fourth-order valence-corrected chi connectivity index (χ4v) is 2.12. The van der Waals surface area contributed by atoms with Gasteiger partial charge in [0.1, 0.15) is 5.69 Å². The van der Waals surface area contributed by atoms with E-state index >= 15 is 0 Å². The minimum Gasteiger partial charge on any atom is -0.287 e. The summed E-state index contributed by atoms with van der Waals surface area (Å²) in [5.74, 6) is 0.580. The number of rotatable bonds is 4. The molecule has 0 radical (unpaired) electrons. The number of nitrogens with zero attached hydrogens (tertiary/aromatic N) is 1. The molecule has 1 heterocycles. The molecule has 19 heavy (non-hydrogen) atoms. The van der Waals surface area contributed by atoms with Crippen LogP contribution in [0.5, 0.6) is 0 Å². The molecule has 0 unspecified atom stereocenters. The van der Waals surface area contributed by atoms with E-state index in [2.05, 4.69) is 24.9 Å². The van der Waals surface area contributed by atoms with Crippen molar-refractivity contribution in [3.63, 3.8) is 0 Å². The Morgan fingerprint density at radius 3 is 2.68 bits per heavy atom. The number of aromatic nitrogens is 1. The third kappa shape index (κ3) is 3.50. The second-order valence-corrected chi connectivity index (χ2v) is 5.35. The largest absolute Gasteiger partial charge is 0.287 e. The van der Waals surface area contributed by atoms with E-state index in [0.717, 1.165) is 17.5 Å². The summed E-state index contributed by atoms with van der Waals surface area (Å²) in [4.78, 5) is 16.5. The monoisotopic (exact) mass is 253 g/mol. The van der Waals surface area contributed by atoms with Crippen molar-refractivity contribution in [3.8, 4) is 0 Å². The Bertz CT molecular complexity index is 587. The van der Waals surface area contributed by atoms with Crippen LogP contribution in [0.15, 0.2) is 42.6 Å². The first-order valence-corrected chi connectivity index (χ1v) is 6.62. The van der Waals surface area contributed by atoms with Gasteiger partial charge in [0.25, 0.3) is 0 Å². The first-order valence-electron chi connectivity index (χ1n) is 6.62. The van der Waals surface area contributed by atoms with E-state index in [4.69, 9.17) is 0 Å². The Kier molecular flexibility index (Phi) is 4.10. The fourth-order valence-electron chi connectivity index (χ4n) is 2.12. The van der Waals surface area contributed by atoms with Crippen molar-refractivity contribution in [2.45, 2.75) is 27.2 Å². The van der Waals surface area contributed by atoms with Gasteiger partial charge in [0.2, 0.25) is 5.78 Å². The Morgan fingerprint density at radius 1 is 1.21 bits per heavy atom. The third-order valence-electron chi connectivity index (χ3n) is 2.98. The van der Waals surface area contributed by atoms with E-state index in [9.17, 15) is 4.79 Å². The van der Waals surface area contributed by atoms with Crippen LogP contribution < -0.4 is 0 Å². The number of benzene rings is 1. The molecule has 2 aromatic rings. The normalized spacial score (nSPS) is 10.7. The maximum absolute atomic E-state index is 12.4. The summed E-state index contributed by atoms with van der Waals surface area (Å²) in [5, 5.41) is 0. The highest BCUT2D eigenvalue weighted by Crippen LogP contribution is 2.14. The van der Waals surface area contributed by atoms with Gasteiger partial charge >= 0.3 is 0 Å². The molecule has 1 aromatic carbocycles. The minimum atomic E-state index is -0.00527. The van der Waals surface area contributed by atoms with Gasteiger partial charge in [0.15, 0.2) is 0 Å². The number of hydrogen-bond donors (Lipinski definition) is 0. The standard InChI is InChI=1S/C17H19NO/c1-12(2)9-14-5-4-6-15(11-14)17(19)16-10-13(3)7-8-18-16/h4-8,10-12H,9H2,1-3H3. The predicted octanol–water partition coefficient (Wildman–Crippen LogP) is 3.82. The molecule has 2 nitrogen and oxygen atoms in total. The quantitative estimate of drug-likeness (QED) is 0.775. The molecule has 0 aliphatic rings. The zero-order valence-corrected chi connectivity index (χ0v) is 11.7. The van der Waals surface area contributed by atoms with Crippen LogP contribution in [0.2, 0.25) is 0 Å². The zero-order valence-electron chi connectivity index (χ0n) is 11.7. The zero-order chi connectivity index (χ0) is 13.8. The molecule has 98 valence electrons. The van der Waals surface area contributed by atoms with Crippen LogP contribution in [-0.4, -0.2) is 10.8 Å². The van der Waals surface area contributed by atoms with Gasteiger partial charge in [0, 0.05) is 11.8 Å². The van der Waals surface area contributed by atoms with Crippen molar-refractivity contribution in [1.82, 2.24) is 4.98 Å². The van der Waals surface area contributed by atoms with Crippen molar-refractivity contribution in [3.05, 3.63) is 65.0 Å². The van der Waals surface area contributed by atoms with Crippen molar-refractivity contribution in [2.24, 2.45) is 5.92 Å². The number of ketones is 1. The second-order valence-electron chi connectivity index (χ2n) is 5.35. The molecule has 0 aliphatic carbocycles. The van der Waals surface area contributed by atoms with E-state index in [0.29, 0.717) is 11.6 Å². The molecule has 0 saturated heterocycles. The van der Waals surface area contributed by atoms with Gasteiger partial charge in [-0.15, -0.1) is 0 Å². The molecule has 0 N–H and O–H groups in total. The summed E-state index contributed by atoms with van der Waals surface area (Å²) in [7, 11) is 0. The Hall–Kier alpha value is -1.96. The number of hydrogen-bond acceptors (Lipinski definition) is 2. The lowest BCUT2D eigenvalue weighted by Gasteiger charge is -2.07. The van der Waals surface area contributed by atoms with E-state index in [-0.39, 0.29) is 5.78 Å². The molecule has 0 saturated carbocycles. The first-order chi connectivity index (χ1) is 9.06. The number of pyridine rings is 1. The molecule has 2 heteroatoms. The maximum Gasteiger partial charge on any atom is 0.211 e. The molecule has 0 amide bonds. The number of carbonyl (C=O) groups excluding carboxylic acids is 1. The number of aryl methyl sites for hydroxylation is 1. The van der Waals surface area contributed by atoms with Gasteiger partial charge in [-0.3, -0.25) is 9.78 Å². The topological polar surface area (TPSA) is 30.0 Å². The average Bonchev–Trinajstić information content (AvgIpc) is 2.37. The van der Waals surface area contributed by atoms with Crippen LogP contribution in [0.4, 0.5) is 0 Å². The van der Waals surface area contributed by atoms with Crippen molar-refractivity contribution in [2.75, 3.05) is 0 Å². The van der Waals surface area contributed by atoms with E-state index in [1.807, 2.05) is 37.3 Å². The Balaban J connectivity index is 2.29. The number of carbonyl (C=O) groups is 1. The average molecular weight is 253 g/mol. The maximum atomic E-state index is 12.4. The molecule has 0 aliphatic heterocycles. The lowest BCUT2D eigenvalue weighted by atomic mass is 9.98. The summed E-state index contributed by atoms with van der Waals surface area (Å²) in [5.41, 5.74) is 3.49. The predicted molar refractivity (Wildman–Crippen MR) is 77.4 cm³/mol. The molecule has 2 rings (SSSR count). The van der Waals surface area contributed by atoms with Crippen LogP contribution in [0.1, 0.15) is 41.0 Å². The summed E-state index contributed by atoms with van der Waals surface area (Å²) in [6, 6.07) is 11.6. The highest BCUT2D eigenvalue weighted by molar-refractivity contribution is 6.07. The van der Waals surface area contributed by atoms with Gasteiger partial charge in [-0.1, -0.05) is 32.0 Å². The van der Waals surface area contributed by atoms with E-state index < -0.39 is 0 Å². The SMILES string of the molecule is Cc1ccnc(C(=O)c2cccc(CC(C)C)c2)c1.